The number of nitrogens with zero attached hydrogens (tertiary/aromatic N) is 2. The van der Waals surface area contributed by atoms with E-state index in [1.54, 1.807) is 16.2 Å². The normalized spacial score (nSPS) is 16.9. The maximum absolute atomic E-state index is 13.0. The number of carbonyl (C=O) groups is 2. The number of hydrogen-bond acceptors (Lipinski definition) is 4. The van der Waals surface area contributed by atoms with E-state index in [0.717, 1.165) is 17.1 Å². The SMILES string of the molecule is Cc1nc(CCNC(=O)[C@H]2CCCN2C(=O)c2ccc(F)cc2)cs1. The fourth-order valence-electron chi connectivity index (χ4n) is 3.00. The first-order valence-corrected chi connectivity index (χ1v) is 9.18. The van der Waals surface area contributed by atoms with Gasteiger partial charge in [-0.15, -0.1) is 11.3 Å². The molecule has 2 aromatic rings. The van der Waals surface area contributed by atoms with Gasteiger partial charge in [-0.2, -0.15) is 0 Å². The number of rotatable bonds is 5. The highest BCUT2D eigenvalue weighted by Crippen LogP contribution is 2.20. The van der Waals surface area contributed by atoms with E-state index < -0.39 is 6.04 Å². The highest BCUT2D eigenvalue weighted by Gasteiger charge is 2.34. The summed E-state index contributed by atoms with van der Waals surface area (Å²) in [6, 6.07) is 4.96. The zero-order valence-corrected chi connectivity index (χ0v) is 14.8. The van der Waals surface area contributed by atoms with Gasteiger partial charge in [-0.25, -0.2) is 9.37 Å². The molecule has 1 aromatic carbocycles. The van der Waals surface area contributed by atoms with Crippen molar-refractivity contribution in [3.8, 4) is 0 Å². The van der Waals surface area contributed by atoms with Crippen LogP contribution in [0, 0.1) is 12.7 Å². The van der Waals surface area contributed by atoms with Gasteiger partial charge in [0, 0.05) is 30.5 Å². The molecule has 1 aliphatic rings. The lowest BCUT2D eigenvalue weighted by atomic mass is 10.1. The van der Waals surface area contributed by atoms with E-state index in [1.165, 1.54) is 24.3 Å². The molecule has 1 fully saturated rings. The molecular weight excluding hydrogens is 341 g/mol. The summed E-state index contributed by atoms with van der Waals surface area (Å²) in [4.78, 5) is 31.0. The van der Waals surface area contributed by atoms with E-state index in [-0.39, 0.29) is 17.6 Å². The number of aryl methyl sites for hydroxylation is 1. The molecule has 1 aliphatic heterocycles. The Bertz CT molecular complexity index is 760. The van der Waals surface area contributed by atoms with E-state index in [2.05, 4.69) is 10.3 Å². The molecule has 0 radical (unpaired) electrons. The second-order valence-electron chi connectivity index (χ2n) is 6.06. The van der Waals surface area contributed by atoms with E-state index in [0.29, 0.717) is 31.5 Å². The van der Waals surface area contributed by atoms with E-state index in [1.807, 2.05) is 12.3 Å². The predicted octanol–water partition coefficient (Wildman–Crippen LogP) is 2.55. The molecule has 132 valence electrons. The lowest BCUT2D eigenvalue weighted by Gasteiger charge is -2.24. The minimum atomic E-state index is -0.463. The van der Waals surface area contributed by atoms with Crippen LogP contribution in [-0.2, 0) is 11.2 Å². The van der Waals surface area contributed by atoms with Crippen molar-refractivity contribution >= 4 is 23.2 Å². The molecule has 1 aromatic heterocycles. The van der Waals surface area contributed by atoms with Gasteiger partial charge in [0.2, 0.25) is 5.91 Å². The molecule has 7 heteroatoms. The van der Waals surface area contributed by atoms with Gasteiger partial charge in [0.05, 0.1) is 10.7 Å². The summed E-state index contributed by atoms with van der Waals surface area (Å²) < 4.78 is 13.0. The molecule has 1 N–H and O–H groups in total. The van der Waals surface area contributed by atoms with Crippen LogP contribution in [-0.4, -0.2) is 40.8 Å². The number of likely N-dealkylation sites (tertiary alicyclic amines) is 1. The molecule has 0 aliphatic carbocycles. The summed E-state index contributed by atoms with van der Waals surface area (Å²) in [7, 11) is 0. The average Bonchev–Trinajstić information content (AvgIpc) is 3.24. The van der Waals surface area contributed by atoms with Crippen molar-refractivity contribution in [2.75, 3.05) is 13.1 Å². The van der Waals surface area contributed by atoms with Crippen LogP contribution in [0.15, 0.2) is 29.6 Å². The van der Waals surface area contributed by atoms with Crippen LogP contribution >= 0.6 is 11.3 Å². The number of carbonyl (C=O) groups excluding carboxylic acids is 2. The average molecular weight is 361 g/mol. The molecule has 2 amide bonds. The van der Waals surface area contributed by atoms with Gasteiger partial charge in [0.15, 0.2) is 0 Å². The molecule has 0 spiro atoms. The van der Waals surface area contributed by atoms with Crippen LogP contribution in [0.1, 0.15) is 33.9 Å². The smallest absolute Gasteiger partial charge is 0.254 e. The Balaban J connectivity index is 1.57. The maximum atomic E-state index is 13.0. The van der Waals surface area contributed by atoms with Gasteiger partial charge in [-0.05, 0) is 44.0 Å². The number of thiazole rings is 1. The van der Waals surface area contributed by atoms with Gasteiger partial charge < -0.3 is 10.2 Å². The third-order valence-electron chi connectivity index (χ3n) is 4.25. The summed E-state index contributed by atoms with van der Waals surface area (Å²) in [5, 5.41) is 5.89. The summed E-state index contributed by atoms with van der Waals surface area (Å²) in [5.74, 6) is -0.753. The molecule has 2 heterocycles. The van der Waals surface area contributed by atoms with Crippen molar-refractivity contribution in [1.29, 1.82) is 0 Å². The van der Waals surface area contributed by atoms with Crippen LogP contribution in [0.3, 0.4) is 0 Å². The minimum Gasteiger partial charge on any atom is -0.354 e. The molecule has 3 rings (SSSR count). The molecule has 25 heavy (non-hydrogen) atoms. The number of nitrogens with one attached hydrogen (secondary N) is 1. The first-order chi connectivity index (χ1) is 12.0. The predicted molar refractivity (Wildman–Crippen MR) is 94.0 cm³/mol. The zero-order chi connectivity index (χ0) is 17.8. The Kier molecular flexibility index (Phi) is 5.43. The van der Waals surface area contributed by atoms with Crippen molar-refractivity contribution in [2.24, 2.45) is 0 Å². The fourth-order valence-corrected chi connectivity index (χ4v) is 3.64. The number of hydrogen-bond donors (Lipinski definition) is 1. The third-order valence-corrected chi connectivity index (χ3v) is 5.08. The Labute approximate surface area is 149 Å². The van der Waals surface area contributed by atoms with Crippen LogP contribution in [0.2, 0.25) is 0 Å². The Morgan fingerprint density at radius 2 is 2.12 bits per heavy atom. The molecule has 5 nitrogen and oxygen atoms in total. The molecule has 0 bridgehead atoms. The third kappa shape index (κ3) is 4.22. The topological polar surface area (TPSA) is 62.3 Å². The second-order valence-corrected chi connectivity index (χ2v) is 7.12. The Morgan fingerprint density at radius 1 is 1.36 bits per heavy atom. The van der Waals surface area contributed by atoms with E-state index in [4.69, 9.17) is 0 Å². The van der Waals surface area contributed by atoms with Crippen LogP contribution in [0.25, 0.3) is 0 Å². The first-order valence-electron chi connectivity index (χ1n) is 8.30. The monoisotopic (exact) mass is 361 g/mol. The van der Waals surface area contributed by atoms with E-state index in [9.17, 15) is 14.0 Å². The van der Waals surface area contributed by atoms with Crippen LogP contribution in [0.4, 0.5) is 4.39 Å². The van der Waals surface area contributed by atoms with E-state index >= 15 is 0 Å². The van der Waals surface area contributed by atoms with Gasteiger partial charge in [-0.3, -0.25) is 9.59 Å². The molecular formula is C18H20FN3O2S. The summed E-state index contributed by atoms with van der Waals surface area (Å²) in [5.41, 5.74) is 1.37. The van der Waals surface area contributed by atoms with Crippen molar-refractivity contribution in [3.63, 3.8) is 0 Å². The lowest BCUT2D eigenvalue weighted by molar-refractivity contribution is -0.124. The second kappa shape index (κ2) is 7.74. The summed E-state index contributed by atoms with van der Waals surface area (Å²) >= 11 is 1.59. The Morgan fingerprint density at radius 3 is 2.80 bits per heavy atom. The highest BCUT2D eigenvalue weighted by atomic mass is 32.1. The molecule has 1 atom stereocenters. The van der Waals surface area contributed by atoms with Crippen molar-refractivity contribution in [1.82, 2.24) is 15.2 Å². The lowest BCUT2D eigenvalue weighted by Crippen LogP contribution is -2.46. The maximum Gasteiger partial charge on any atom is 0.254 e. The molecule has 0 unspecified atom stereocenters. The quantitative estimate of drug-likeness (QED) is 0.890. The number of halogens is 1. The highest BCUT2D eigenvalue weighted by molar-refractivity contribution is 7.09. The standard InChI is InChI=1S/C18H20FN3O2S/c1-12-21-15(11-25-12)8-9-20-17(23)16-3-2-10-22(16)18(24)13-4-6-14(19)7-5-13/h4-7,11,16H,2-3,8-10H2,1H3,(H,20,23)/t16-/m1/s1. The molecule has 1 saturated heterocycles. The largest absolute Gasteiger partial charge is 0.354 e. The zero-order valence-electron chi connectivity index (χ0n) is 14.0. The van der Waals surface area contributed by atoms with Gasteiger partial charge >= 0.3 is 0 Å². The van der Waals surface area contributed by atoms with Crippen molar-refractivity contribution in [3.05, 3.63) is 51.7 Å². The Hall–Kier alpha value is -2.28. The fraction of sp³-hybridized carbons (Fsp3) is 0.389. The summed E-state index contributed by atoms with van der Waals surface area (Å²) in [6.45, 7) is 2.99. The number of aromatic nitrogens is 1. The first kappa shape index (κ1) is 17.5. The van der Waals surface area contributed by atoms with Gasteiger partial charge in [0.25, 0.3) is 5.91 Å². The van der Waals surface area contributed by atoms with Crippen LogP contribution in [0.5, 0.6) is 0 Å². The number of amides is 2. The number of benzene rings is 1. The van der Waals surface area contributed by atoms with Crippen molar-refractivity contribution < 1.29 is 14.0 Å². The van der Waals surface area contributed by atoms with Crippen molar-refractivity contribution in [2.45, 2.75) is 32.2 Å². The van der Waals surface area contributed by atoms with Gasteiger partial charge in [0.1, 0.15) is 11.9 Å². The van der Waals surface area contributed by atoms with Crippen LogP contribution < -0.4 is 5.32 Å². The summed E-state index contributed by atoms with van der Waals surface area (Å²) in [6.07, 6.45) is 2.11. The van der Waals surface area contributed by atoms with Gasteiger partial charge in [-0.1, -0.05) is 0 Å². The minimum absolute atomic E-state index is 0.139. The molecule has 0 saturated carbocycles.